The van der Waals surface area contributed by atoms with Crippen LogP contribution < -0.4 is 11.1 Å². The first-order valence-electron chi connectivity index (χ1n) is 6.92. The highest BCUT2D eigenvalue weighted by molar-refractivity contribution is 5.96. The van der Waals surface area contributed by atoms with E-state index in [9.17, 15) is 4.79 Å². The van der Waals surface area contributed by atoms with Crippen molar-refractivity contribution < 1.29 is 4.79 Å². The first-order chi connectivity index (χ1) is 10.1. The molecule has 0 aromatic heterocycles. The summed E-state index contributed by atoms with van der Waals surface area (Å²) in [4.78, 5) is 14.4. The Morgan fingerprint density at radius 1 is 1.10 bits per heavy atom. The second kappa shape index (κ2) is 7.02. The minimum absolute atomic E-state index is 0.201. The normalized spacial score (nSPS) is 12.2. The fraction of sp³-hybridized carbons (Fsp3) is 0.235. The van der Waals surface area contributed by atoms with Crippen LogP contribution in [-0.2, 0) is 11.3 Å². The molecule has 0 bridgehead atoms. The fourth-order valence-corrected chi connectivity index (χ4v) is 2.14. The van der Waals surface area contributed by atoms with Gasteiger partial charge in [0.05, 0.1) is 0 Å². The molecule has 0 fully saturated rings. The molecule has 2 aromatic carbocycles. The van der Waals surface area contributed by atoms with E-state index in [2.05, 4.69) is 10.2 Å². The van der Waals surface area contributed by atoms with Gasteiger partial charge in [0.15, 0.2) is 0 Å². The predicted molar refractivity (Wildman–Crippen MR) is 85.8 cm³/mol. The highest BCUT2D eigenvalue weighted by atomic mass is 16.2. The van der Waals surface area contributed by atoms with Gasteiger partial charge in [-0.3, -0.25) is 4.79 Å². The van der Waals surface area contributed by atoms with E-state index in [1.165, 1.54) is 0 Å². The van der Waals surface area contributed by atoms with Crippen molar-refractivity contribution in [3.05, 3.63) is 65.7 Å². The van der Waals surface area contributed by atoms with Crippen molar-refractivity contribution in [3.8, 4) is 0 Å². The molecule has 1 amide bonds. The number of hydrogen-bond donors (Lipinski definition) is 2. The summed E-state index contributed by atoms with van der Waals surface area (Å²) in [6.07, 6.45) is 0. The first-order valence-corrected chi connectivity index (χ1v) is 6.92. The van der Waals surface area contributed by atoms with Crippen LogP contribution in [0.1, 0.15) is 17.2 Å². The van der Waals surface area contributed by atoms with Crippen LogP contribution in [0.25, 0.3) is 0 Å². The van der Waals surface area contributed by atoms with E-state index in [1.807, 2.05) is 68.7 Å². The van der Waals surface area contributed by atoms with Crippen molar-refractivity contribution in [3.63, 3.8) is 0 Å². The Bertz CT molecular complexity index is 596. The molecular formula is C17H21N3O. The van der Waals surface area contributed by atoms with Gasteiger partial charge in [-0.15, -0.1) is 0 Å². The number of hydrogen-bond acceptors (Lipinski definition) is 3. The van der Waals surface area contributed by atoms with Crippen molar-refractivity contribution in [1.82, 2.24) is 4.90 Å². The number of nitrogens with two attached hydrogens (primary N) is 1. The molecule has 0 aliphatic rings. The molecule has 1 unspecified atom stereocenters. The van der Waals surface area contributed by atoms with Crippen LogP contribution in [0.5, 0.6) is 0 Å². The molecule has 2 aromatic rings. The third-order valence-electron chi connectivity index (χ3n) is 3.20. The average molecular weight is 283 g/mol. The maximum Gasteiger partial charge on any atom is 0.245 e. The predicted octanol–water partition coefficient (Wildman–Crippen LogP) is 2.39. The number of rotatable bonds is 5. The third kappa shape index (κ3) is 4.15. The van der Waals surface area contributed by atoms with Gasteiger partial charge in [0.2, 0.25) is 5.91 Å². The molecule has 0 radical (unpaired) electrons. The van der Waals surface area contributed by atoms with Gasteiger partial charge < -0.3 is 16.0 Å². The van der Waals surface area contributed by atoms with Crippen LogP contribution >= 0.6 is 0 Å². The number of nitrogens with zero attached hydrogens (tertiary/aromatic N) is 1. The van der Waals surface area contributed by atoms with Crippen molar-refractivity contribution in [2.24, 2.45) is 5.73 Å². The minimum atomic E-state index is -0.668. The Balaban J connectivity index is 2.13. The van der Waals surface area contributed by atoms with E-state index < -0.39 is 6.04 Å². The Labute approximate surface area is 125 Å². The number of anilines is 1. The zero-order valence-corrected chi connectivity index (χ0v) is 12.4. The first kappa shape index (κ1) is 15.2. The SMILES string of the molecule is CN(C)Cc1ccccc1NC(=O)C(N)c1ccccc1. The molecule has 2 rings (SSSR count). The van der Waals surface area contributed by atoms with E-state index in [0.717, 1.165) is 23.4 Å². The van der Waals surface area contributed by atoms with Crippen LogP contribution in [-0.4, -0.2) is 24.9 Å². The van der Waals surface area contributed by atoms with E-state index >= 15 is 0 Å². The quantitative estimate of drug-likeness (QED) is 0.886. The van der Waals surface area contributed by atoms with Crippen LogP contribution in [0.3, 0.4) is 0 Å². The number of carbonyl (C=O) groups is 1. The second-order valence-electron chi connectivity index (χ2n) is 5.27. The van der Waals surface area contributed by atoms with E-state index in [1.54, 1.807) is 0 Å². The molecule has 0 spiro atoms. The second-order valence-corrected chi connectivity index (χ2v) is 5.27. The maximum absolute atomic E-state index is 12.3. The molecule has 0 saturated carbocycles. The van der Waals surface area contributed by atoms with Gasteiger partial charge in [0.1, 0.15) is 6.04 Å². The summed E-state index contributed by atoms with van der Waals surface area (Å²) in [5, 5.41) is 2.92. The van der Waals surface area contributed by atoms with E-state index in [0.29, 0.717) is 0 Å². The zero-order valence-electron chi connectivity index (χ0n) is 12.4. The summed E-state index contributed by atoms with van der Waals surface area (Å²) in [5.74, 6) is -0.201. The lowest BCUT2D eigenvalue weighted by molar-refractivity contribution is -0.117. The van der Waals surface area contributed by atoms with Crippen molar-refractivity contribution in [2.75, 3.05) is 19.4 Å². The Kier molecular flexibility index (Phi) is 5.09. The summed E-state index contributed by atoms with van der Waals surface area (Å²) in [7, 11) is 3.99. The maximum atomic E-state index is 12.3. The van der Waals surface area contributed by atoms with Crippen LogP contribution in [0.15, 0.2) is 54.6 Å². The molecule has 3 N–H and O–H groups in total. The third-order valence-corrected chi connectivity index (χ3v) is 3.20. The molecule has 4 nitrogen and oxygen atoms in total. The number of benzene rings is 2. The van der Waals surface area contributed by atoms with Gasteiger partial charge in [-0.1, -0.05) is 48.5 Å². The summed E-state index contributed by atoms with van der Waals surface area (Å²) in [6.45, 7) is 0.761. The monoisotopic (exact) mass is 283 g/mol. The van der Waals surface area contributed by atoms with Gasteiger partial charge >= 0.3 is 0 Å². The Morgan fingerprint density at radius 2 is 1.71 bits per heavy atom. The minimum Gasteiger partial charge on any atom is -0.324 e. The van der Waals surface area contributed by atoms with Crippen molar-refractivity contribution >= 4 is 11.6 Å². The molecule has 0 aliphatic carbocycles. The van der Waals surface area contributed by atoms with E-state index in [-0.39, 0.29) is 5.91 Å². The molecule has 0 aliphatic heterocycles. The Hall–Kier alpha value is -2.17. The molecule has 0 heterocycles. The summed E-state index contributed by atoms with van der Waals surface area (Å²) >= 11 is 0. The molecule has 110 valence electrons. The van der Waals surface area contributed by atoms with Gasteiger partial charge in [-0.2, -0.15) is 0 Å². The zero-order chi connectivity index (χ0) is 15.2. The lowest BCUT2D eigenvalue weighted by atomic mass is 10.1. The highest BCUT2D eigenvalue weighted by Crippen LogP contribution is 2.19. The standard InChI is InChI=1S/C17H21N3O/c1-20(2)12-14-10-6-7-11-15(14)19-17(21)16(18)13-8-4-3-5-9-13/h3-11,16H,12,18H2,1-2H3,(H,19,21). The highest BCUT2D eigenvalue weighted by Gasteiger charge is 2.16. The summed E-state index contributed by atoms with van der Waals surface area (Å²) in [5.41, 5.74) is 8.69. The lowest BCUT2D eigenvalue weighted by Gasteiger charge is -2.17. The molecule has 1 atom stereocenters. The van der Waals surface area contributed by atoms with Gasteiger partial charge in [-0.05, 0) is 31.3 Å². The summed E-state index contributed by atoms with van der Waals surface area (Å²) < 4.78 is 0. The number of para-hydroxylation sites is 1. The molecule has 4 heteroatoms. The van der Waals surface area contributed by atoms with Crippen molar-refractivity contribution in [2.45, 2.75) is 12.6 Å². The van der Waals surface area contributed by atoms with Gasteiger partial charge in [-0.25, -0.2) is 0 Å². The largest absolute Gasteiger partial charge is 0.324 e. The molecular weight excluding hydrogens is 262 g/mol. The van der Waals surface area contributed by atoms with Gasteiger partial charge in [0, 0.05) is 12.2 Å². The van der Waals surface area contributed by atoms with Crippen LogP contribution in [0, 0.1) is 0 Å². The Morgan fingerprint density at radius 3 is 2.38 bits per heavy atom. The molecule has 21 heavy (non-hydrogen) atoms. The van der Waals surface area contributed by atoms with Crippen molar-refractivity contribution in [1.29, 1.82) is 0 Å². The lowest BCUT2D eigenvalue weighted by Crippen LogP contribution is -2.28. The van der Waals surface area contributed by atoms with Gasteiger partial charge in [0.25, 0.3) is 0 Å². The number of nitrogens with one attached hydrogen (secondary N) is 1. The summed E-state index contributed by atoms with van der Waals surface area (Å²) in [6, 6.07) is 16.5. The van der Waals surface area contributed by atoms with Crippen LogP contribution in [0.4, 0.5) is 5.69 Å². The topological polar surface area (TPSA) is 58.4 Å². The van der Waals surface area contributed by atoms with Crippen LogP contribution in [0.2, 0.25) is 0 Å². The van der Waals surface area contributed by atoms with E-state index in [4.69, 9.17) is 5.73 Å². The smallest absolute Gasteiger partial charge is 0.245 e. The average Bonchev–Trinajstić information content (AvgIpc) is 2.49. The number of carbonyl (C=O) groups excluding carboxylic acids is 1. The number of amides is 1. The molecule has 0 saturated heterocycles. The fourth-order valence-electron chi connectivity index (χ4n) is 2.14.